The molecule has 0 aromatic heterocycles. The van der Waals surface area contributed by atoms with Gasteiger partial charge in [0.1, 0.15) is 0 Å². The van der Waals surface area contributed by atoms with Crippen molar-refractivity contribution in [2.75, 3.05) is 32.7 Å². The smallest absolute Gasteiger partial charge is 0.264 e. The summed E-state index contributed by atoms with van der Waals surface area (Å²) in [7, 11) is -3.38. The molecule has 0 amide bonds. The normalized spacial score (nSPS) is 13.1. The summed E-state index contributed by atoms with van der Waals surface area (Å²) >= 11 is 0. The van der Waals surface area contributed by atoms with Gasteiger partial charge in [0.2, 0.25) is 0 Å². The van der Waals surface area contributed by atoms with Crippen LogP contribution in [-0.2, 0) is 19.0 Å². The molecule has 0 saturated heterocycles. The molecule has 5 nitrogen and oxygen atoms in total. The molecule has 0 aliphatic rings. The van der Waals surface area contributed by atoms with Crippen molar-refractivity contribution in [3.8, 4) is 0 Å². The molecule has 0 heterocycles. The van der Waals surface area contributed by atoms with Gasteiger partial charge >= 0.3 is 0 Å². The lowest BCUT2D eigenvalue weighted by atomic mass is 9.97. The Morgan fingerprint density at radius 2 is 1.86 bits per heavy atom. The lowest BCUT2D eigenvalue weighted by Crippen LogP contribution is -2.24. The van der Waals surface area contributed by atoms with Crippen LogP contribution < -0.4 is 0 Å². The summed E-state index contributed by atoms with van der Waals surface area (Å²) in [5.41, 5.74) is -0.301. The second-order valence-electron chi connectivity index (χ2n) is 3.90. The summed E-state index contributed by atoms with van der Waals surface area (Å²) in [5.74, 6) is 0. The van der Waals surface area contributed by atoms with E-state index in [0.717, 1.165) is 6.26 Å². The average molecular weight is 226 g/mol. The van der Waals surface area contributed by atoms with Gasteiger partial charge in [0.05, 0.1) is 32.7 Å². The van der Waals surface area contributed by atoms with Crippen molar-refractivity contribution in [3.63, 3.8) is 0 Å². The fourth-order valence-electron chi connectivity index (χ4n) is 0.638. The van der Waals surface area contributed by atoms with Gasteiger partial charge in [0.15, 0.2) is 0 Å². The van der Waals surface area contributed by atoms with Gasteiger partial charge in [-0.2, -0.15) is 8.42 Å². The number of ether oxygens (including phenoxy) is 1. The van der Waals surface area contributed by atoms with Crippen LogP contribution in [0.3, 0.4) is 0 Å². The fourth-order valence-corrected chi connectivity index (χ4v) is 1.01. The third kappa shape index (κ3) is 8.43. The van der Waals surface area contributed by atoms with Gasteiger partial charge in [0, 0.05) is 5.41 Å². The molecule has 0 aliphatic heterocycles. The first-order valence-corrected chi connectivity index (χ1v) is 6.11. The molecule has 14 heavy (non-hydrogen) atoms. The molecule has 0 rings (SSSR count). The van der Waals surface area contributed by atoms with Crippen molar-refractivity contribution < 1.29 is 22.4 Å². The Labute approximate surface area is 85.1 Å². The van der Waals surface area contributed by atoms with E-state index < -0.39 is 10.1 Å². The van der Waals surface area contributed by atoms with Crippen molar-refractivity contribution in [1.29, 1.82) is 0 Å². The Bertz CT molecular complexity index is 244. The quantitative estimate of drug-likeness (QED) is 0.488. The number of hydrogen-bond donors (Lipinski definition) is 1. The molecule has 1 N–H and O–H groups in total. The lowest BCUT2D eigenvalue weighted by molar-refractivity contribution is 0.0174. The Morgan fingerprint density at radius 3 is 2.29 bits per heavy atom. The van der Waals surface area contributed by atoms with E-state index in [1.54, 1.807) is 0 Å². The summed E-state index contributed by atoms with van der Waals surface area (Å²) in [6.45, 7) is 4.32. The molecule has 0 aromatic rings. The molecule has 86 valence electrons. The van der Waals surface area contributed by atoms with E-state index in [2.05, 4.69) is 4.18 Å². The Morgan fingerprint density at radius 1 is 1.29 bits per heavy atom. The monoisotopic (exact) mass is 226 g/mol. The number of aliphatic hydroxyl groups is 1. The maximum atomic E-state index is 10.5. The highest BCUT2D eigenvalue weighted by atomic mass is 32.2. The van der Waals surface area contributed by atoms with Crippen molar-refractivity contribution in [2.45, 2.75) is 13.8 Å². The van der Waals surface area contributed by atoms with Gasteiger partial charge in [0.25, 0.3) is 10.1 Å². The van der Waals surface area contributed by atoms with E-state index >= 15 is 0 Å². The third-order valence-electron chi connectivity index (χ3n) is 1.45. The SMILES string of the molecule is CC(C)(CO)COCCOS(C)(=O)=O. The van der Waals surface area contributed by atoms with E-state index in [1.165, 1.54) is 0 Å². The highest BCUT2D eigenvalue weighted by molar-refractivity contribution is 7.85. The topological polar surface area (TPSA) is 72.8 Å². The van der Waals surface area contributed by atoms with Crippen LogP contribution in [0.15, 0.2) is 0 Å². The maximum absolute atomic E-state index is 10.5. The van der Waals surface area contributed by atoms with Crippen LogP contribution in [0.1, 0.15) is 13.8 Å². The van der Waals surface area contributed by atoms with E-state index in [4.69, 9.17) is 9.84 Å². The molecule has 0 spiro atoms. The second kappa shape index (κ2) is 5.65. The molecular weight excluding hydrogens is 208 g/mol. The summed E-state index contributed by atoms with van der Waals surface area (Å²) in [4.78, 5) is 0. The van der Waals surface area contributed by atoms with Crippen molar-refractivity contribution in [2.24, 2.45) is 5.41 Å². The molecule has 0 unspecified atom stereocenters. The molecule has 6 heteroatoms. The van der Waals surface area contributed by atoms with E-state index in [0.29, 0.717) is 6.61 Å². The lowest BCUT2D eigenvalue weighted by Gasteiger charge is -2.20. The summed E-state index contributed by atoms with van der Waals surface area (Å²) in [5, 5.41) is 8.87. The molecule has 0 aromatic carbocycles. The first-order chi connectivity index (χ1) is 6.27. The maximum Gasteiger partial charge on any atom is 0.264 e. The zero-order valence-electron chi connectivity index (χ0n) is 8.82. The predicted octanol–water partition coefficient (Wildman–Crippen LogP) is -0.00230. The van der Waals surface area contributed by atoms with Gasteiger partial charge in [-0.25, -0.2) is 0 Å². The number of hydrogen-bond acceptors (Lipinski definition) is 5. The van der Waals surface area contributed by atoms with Gasteiger partial charge in [-0.15, -0.1) is 0 Å². The summed E-state index contributed by atoms with van der Waals surface area (Å²) in [6, 6.07) is 0. The summed E-state index contributed by atoms with van der Waals surface area (Å²) in [6.07, 6.45) is 0.991. The standard InChI is InChI=1S/C8H18O5S/c1-8(2,6-9)7-12-4-5-13-14(3,10)11/h9H,4-7H2,1-3H3. The zero-order valence-corrected chi connectivity index (χ0v) is 9.63. The Kier molecular flexibility index (Phi) is 5.58. The number of rotatable bonds is 7. The van der Waals surface area contributed by atoms with Gasteiger partial charge in [-0.3, -0.25) is 4.18 Å². The van der Waals surface area contributed by atoms with Crippen LogP contribution >= 0.6 is 0 Å². The molecule has 0 aliphatic carbocycles. The van der Waals surface area contributed by atoms with Crippen molar-refractivity contribution in [1.82, 2.24) is 0 Å². The van der Waals surface area contributed by atoms with Crippen LogP contribution in [0, 0.1) is 5.41 Å². The molecule has 0 radical (unpaired) electrons. The fraction of sp³-hybridized carbons (Fsp3) is 1.00. The first kappa shape index (κ1) is 13.8. The van der Waals surface area contributed by atoms with Crippen LogP contribution in [0.5, 0.6) is 0 Å². The molecule has 0 bridgehead atoms. The summed E-state index contributed by atoms with van der Waals surface area (Å²) < 4.78 is 30.7. The molecule has 0 atom stereocenters. The second-order valence-corrected chi connectivity index (χ2v) is 5.54. The van der Waals surface area contributed by atoms with E-state index in [-0.39, 0.29) is 25.2 Å². The van der Waals surface area contributed by atoms with Crippen LogP contribution in [0.2, 0.25) is 0 Å². The molecular formula is C8H18O5S. The number of aliphatic hydroxyl groups excluding tert-OH is 1. The van der Waals surface area contributed by atoms with Crippen LogP contribution in [-0.4, -0.2) is 46.2 Å². The average Bonchev–Trinajstić information content (AvgIpc) is 2.01. The predicted molar refractivity (Wildman–Crippen MR) is 52.5 cm³/mol. The minimum absolute atomic E-state index is 0.0142. The van der Waals surface area contributed by atoms with Crippen LogP contribution in [0.4, 0.5) is 0 Å². The van der Waals surface area contributed by atoms with Crippen molar-refractivity contribution in [3.05, 3.63) is 0 Å². The van der Waals surface area contributed by atoms with E-state index in [9.17, 15) is 8.42 Å². The van der Waals surface area contributed by atoms with Crippen LogP contribution in [0.25, 0.3) is 0 Å². The van der Waals surface area contributed by atoms with Gasteiger partial charge in [-0.1, -0.05) is 13.8 Å². The Balaban J connectivity index is 3.49. The molecule has 0 fully saturated rings. The van der Waals surface area contributed by atoms with E-state index in [1.807, 2.05) is 13.8 Å². The first-order valence-electron chi connectivity index (χ1n) is 4.30. The minimum atomic E-state index is -3.38. The molecule has 0 saturated carbocycles. The Hall–Kier alpha value is -0.170. The third-order valence-corrected chi connectivity index (χ3v) is 2.04. The largest absolute Gasteiger partial charge is 0.396 e. The highest BCUT2D eigenvalue weighted by Crippen LogP contribution is 2.13. The van der Waals surface area contributed by atoms with Gasteiger partial charge in [-0.05, 0) is 0 Å². The highest BCUT2D eigenvalue weighted by Gasteiger charge is 2.16. The van der Waals surface area contributed by atoms with Crippen molar-refractivity contribution >= 4 is 10.1 Å². The zero-order chi connectivity index (χ0) is 11.2. The van der Waals surface area contributed by atoms with Gasteiger partial charge < -0.3 is 9.84 Å². The minimum Gasteiger partial charge on any atom is -0.396 e.